The van der Waals surface area contributed by atoms with Crippen molar-refractivity contribution in [3.05, 3.63) is 261 Å². The molecule has 0 bridgehead atoms. The number of aromatic nitrogens is 12. The van der Waals surface area contributed by atoms with Crippen molar-refractivity contribution in [3.8, 4) is 87.9 Å². The molecule has 3 amide bonds. The van der Waals surface area contributed by atoms with Gasteiger partial charge in [-0.1, -0.05) is 204 Å². The molecule has 144 heavy (non-hydrogen) atoms. The fourth-order valence-electron chi connectivity index (χ4n) is 17.9. The zero-order chi connectivity index (χ0) is 104. The van der Waals surface area contributed by atoms with Gasteiger partial charge in [0.2, 0.25) is 17.7 Å². The summed E-state index contributed by atoms with van der Waals surface area (Å²) in [5.74, 6) is 5.83. The summed E-state index contributed by atoms with van der Waals surface area (Å²) in [6.07, 6.45) is 33.2. The van der Waals surface area contributed by atoms with E-state index in [9.17, 15) is 28.8 Å². The molecule has 0 radical (unpaired) electrons. The third-order valence-electron chi connectivity index (χ3n) is 25.0. The molecular formula is C111H123Cl3F3N21O6. The van der Waals surface area contributed by atoms with Crippen molar-refractivity contribution in [2.24, 2.45) is 0 Å². The van der Waals surface area contributed by atoms with Gasteiger partial charge in [0.1, 0.15) is 70.1 Å². The zero-order valence-corrected chi connectivity index (χ0v) is 87.2. The lowest BCUT2D eigenvalue weighted by Gasteiger charge is -2.37. The fourth-order valence-corrected chi connectivity index (χ4v) is 18.7. The predicted molar refractivity (Wildman–Crippen MR) is 572 cm³/mol. The van der Waals surface area contributed by atoms with Gasteiger partial charge in [-0.15, -0.1) is 19.3 Å². The third-order valence-corrected chi connectivity index (χ3v) is 25.9. The highest BCUT2D eigenvalue weighted by molar-refractivity contribution is 6.35. The number of pyridine rings is 6. The van der Waals surface area contributed by atoms with E-state index >= 15 is 13.2 Å². The summed E-state index contributed by atoms with van der Waals surface area (Å²) in [5.41, 5.74) is 7.83. The summed E-state index contributed by atoms with van der Waals surface area (Å²) < 4.78 is 49.9. The summed E-state index contributed by atoms with van der Waals surface area (Å²) in [7, 11) is 3.88. The molecule has 0 aliphatic carbocycles. The van der Waals surface area contributed by atoms with E-state index < -0.39 is 34.1 Å². The van der Waals surface area contributed by atoms with Crippen LogP contribution in [-0.2, 0) is 14.4 Å². The SMILES string of the molecule is C#Cc1c(N2CCN(C(=O)/C=C/CN(C)C)CC2)c2cc(Cl)c(-c3ccccc3F)nc2n(-c2c(C(C)C)ncnc2C(C)C)c1=O.C#Cc1c(N2CCN(C(=O)/C=C/CNC(C)(C)C)CC2)c2cc(Cl)c(-c3ccccc3F)nc2n(-c2c(C(C)C)ncnc2C(C)C)c1=O.C#Cc1c(N2CCN(C(=O)/C=C/CNC(C)C)CC2)c2cc(Cl)c(-c3ccccc3F)nc2n(-c2c(C(C)C)ncnc2C(C)C)c1=O. The predicted octanol–water partition coefficient (Wildman–Crippen LogP) is 18.2. The number of piperazine rings is 3. The van der Waals surface area contributed by atoms with Gasteiger partial charge in [0.05, 0.1) is 100 Å². The first kappa shape index (κ1) is 108. The highest BCUT2D eigenvalue weighted by Gasteiger charge is 2.37. The lowest BCUT2D eigenvalue weighted by Crippen LogP contribution is -2.49. The Kier molecular flexibility index (Phi) is 34.9. The number of hydrogen-bond acceptors (Lipinski definition) is 21. The number of benzene rings is 3. The molecule has 750 valence electrons. The number of rotatable bonds is 25. The van der Waals surface area contributed by atoms with Crippen LogP contribution in [0.3, 0.4) is 0 Å². The molecule has 3 saturated heterocycles. The quantitative estimate of drug-likeness (QED) is 0.0397. The molecule has 3 aliphatic rings. The van der Waals surface area contributed by atoms with E-state index in [1.54, 1.807) is 106 Å². The van der Waals surface area contributed by atoms with E-state index in [0.29, 0.717) is 189 Å². The second kappa shape index (κ2) is 46.7. The van der Waals surface area contributed by atoms with Crippen molar-refractivity contribution in [1.82, 2.24) is 88.8 Å². The van der Waals surface area contributed by atoms with E-state index in [0.717, 1.165) is 0 Å². The average molecular weight is 2010 g/mol. The number of fused-ring (bicyclic) bond motifs is 3. The molecule has 9 aromatic heterocycles. The molecule has 0 spiro atoms. The van der Waals surface area contributed by atoms with E-state index in [4.69, 9.17) is 69.0 Å². The third kappa shape index (κ3) is 23.3. The van der Waals surface area contributed by atoms with Gasteiger partial charge in [-0.3, -0.25) is 42.5 Å². The first-order chi connectivity index (χ1) is 68.6. The van der Waals surface area contributed by atoms with Gasteiger partial charge in [0.25, 0.3) is 16.7 Å². The van der Waals surface area contributed by atoms with Crippen LogP contribution in [0.1, 0.15) is 204 Å². The van der Waals surface area contributed by atoms with Crippen molar-refractivity contribution < 1.29 is 27.6 Å². The normalized spacial score (nSPS) is 13.9. The van der Waals surface area contributed by atoms with Gasteiger partial charge in [0.15, 0.2) is 0 Å². The van der Waals surface area contributed by atoms with Gasteiger partial charge in [0, 0.05) is 161 Å². The van der Waals surface area contributed by atoms with Crippen molar-refractivity contribution >= 4 is 103 Å². The maximum absolute atomic E-state index is 15.2. The van der Waals surface area contributed by atoms with Gasteiger partial charge < -0.3 is 44.9 Å². The Morgan fingerprint density at radius 1 is 0.403 bits per heavy atom. The summed E-state index contributed by atoms with van der Waals surface area (Å²) in [6, 6.07) is 24.1. The van der Waals surface area contributed by atoms with Gasteiger partial charge in [-0.25, -0.2) is 58.0 Å². The van der Waals surface area contributed by atoms with E-state index in [1.165, 1.54) is 50.9 Å². The Labute approximate surface area is 854 Å². The van der Waals surface area contributed by atoms with Gasteiger partial charge in [-0.2, -0.15) is 0 Å². The molecule has 3 fully saturated rings. The Balaban J connectivity index is 0.000000181. The zero-order valence-electron chi connectivity index (χ0n) is 85.0. The highest BCUT2D eigenvalue weighted by atomic mass is 35.5. The molecule has 0 atom stereocenters. The van der Waals surface area contributed by atoms with E-state index in [2.05, 4.69) is 79.1 Å². The number of anilines is 3. The van der Waals surface area contributed by atoms with Crippen LogP contribution in [0.5, 0.6) is 0 Å². The molecule has 12 aromatic rings. The Morgan fingerprint density at radius 2 is 0.660 bits per heavy atom. The smallest absolute Gasteiger partial charge is 0.274 e. The first-order valence-corrected chi connectivity index (χ1v) is 49.6. The molecule has 0 unspecified atom stereocenters. The highest BCUT2D eigenvalue weighted by Crippen LogP contribution is 2.44. The molecule has 12 heterocycles. The number of hydrogen-bond donors (Lipinski definition) is 2. The summed E-state index contributed by atoms with van der Waals surface area (Å²) in [6.45, 7) is 41.1. The Hall–Kier alpha value is -13.8. The van der Waals surface area contributed by atoms with Crippen LogP contribution in [0.25, 0.3) is 83.9 Å². The number of carbonyl (C=O) groups is 3. The van der Waals surface area contributed by atoms with Gasteiger partial charge in [-0.05, 0) is 125 Å². The second-order valence-electron chi connectivity index (χ2n) is 39.0. The van der Waals surface area contributed by atoms with Crippen molar-refractivity contribution in [1.29, 1.82) is 0 Å². The Bertz CT molecular complexity index is 7220. The second-order valence-corrected chi connectivity index (χ2v) is 40.3. The molecule has 3 aliphatic heterocycles. The number of halogens is 6. The lowest BCUT2D eigenvalue weighted by molar-refractivity contribution is -0.127. The monoisotopic (exact) mass is 2010 g/mol. The van der Waals surface area contributed by atoms with Crippen molar-refractivity contribution in [2.45, 2.75) is 165 Å². The molecule has 2 N–H and O–H groups in total. The van der Waals surface area contributed by atoms with Crippen LogP contribution in [0.2, 0.25) is 15.1 Å². The topological polar surface area (TPSA) is 280 Å². The van der Waals surface area contributed by atoms with Crippen molar-refractivity contribution in [2.75, 3.05) is 127 Å². The van der Waals surface area contributed by atoms with Gasteiger partial charge >= 0.3 is 0 Å². The first-order valence-electron chi connectivity index (χ1n) is 48.4. The van der Waals surface area contributed by atoms with Crippen molar-refractivity contribution in [3.63, 3.8) is 0 Å². The number of likely N-dealkylation sites (N-methyl/N-ethyl adjacent to an activating group) is 1. The minimum Gasteiger partial charge on any atom is -0.366 e. The van der Waals surface area contributed by atoms with E-state index in [-0.39, 0.29) is 141 Å². The number of amides is 3. The lowest BCUT2D eigenvalue weighted by atomic mass is 10.00. The Morgan fingerprint density at radius 3 is 0.896 bits per heavy atom. The molecule has 33 heteroatoms. The number of nitrogens with zero attached hydrogens (tertiary/aromatic N) is 19. The summed E-state index contributed by atoms with van der Waals surface area (Å²) >= 11 is 20.7. The van der Waals surface area contributed by atoms with Crippen LogP contribution in [0, 0.1) is 54.5 Å². The molecule has 0 saturated carbocycles. The van der Waals surface area contributed by atoms with Crippen LogP contribution in [0.15, 0.2) is 161 Å². The maximum Gasteiger partial charge on any atom is 0.274 e. The largest absolute Gasteiger partial charge is 0.366 e. The summed E-state index contributed by atoms with van der Waals surface area (Å²) in [5, 5.41) is 8.79. The average Bonchev–Trinajstić information content (AvgIpc) is 0.730. The van der Waals surface area contributed by atoms with Crippen LogP contribution in [-0.4, -0.2) is 220 Å². The molecule has 15 rings (SSSR count). The molecule has 27 nitrogen and oxygen atoms in total. The maximum atomic E-state index is 15.2. The standard InChI is InChI=1S/C38H43ClFN7O2.C37H41ClFN7O2.C36H39ClFN7O2/c1-9-25-34(46-19-17-45(18-20-46)30(48)15-12-16-43-38(6,7)8)27-21-28(39)33(26-13-10-11-14-29(26)40)44-36(27)47(37(25)49)35-31(23(2)3)41-22-42-32(35)24(4)5;1-8-25-34(45-18-16-44(17-19-45)30(47)14-11-15-40-24(6)7)27-20-28(38)33(26-12-9-10-13-29(26)39)43-36(27)46(37(25)48)35-31(22(2)3)41-21-42-32(35)23(4)5;1-8-24-33(44-18-16-43(17-19-44)29(46)14-11-15-42(6)7)26-20-27(37)32(25-12-9-10-13-28(25)38)41-35(26)45(36(24)47)34-30(22(2)3)39-21-40-31(34)23(4)5/h1,10-15,21-24,43H,16-20H2,2-8H3;1,9-14,20-24,40H,15-19H2,2-7H3;1,9-14,20-23H,15-19H2,2-7H3/b15-12+;2*14-11+. The van der Waals surface area contributed by atoms with Crippen LogP contribution < -0.4 is 42.0 Å². The summed E-state index contributed by atoms with van der Waals surface area (Å²) in [4.78, 5) is 139. The number of terminal acetylenes is 3. The van der Waals surface area contributed by atoms with E-state index in [1.807, 2.05) is 149 Å². The minimum atomic E-state index is -0.497. The number of carbonyl (C=O) groups excluding carboxylic acids is 3. The fraction of sp³-hybridized carbons (Fsp3) is 0.378. The van der Waals surface area contributed by atoms with Crippen LogP contribution in [0.4, 0.5) is 30.2 Å². The molecule has 3 aromatic carbocycles. The number of nitrogens with one attached hydrogen (secondary N) is 2. The molecular weight excluding hydrogens is 1890 g/mol. The minimum absolute atomic E-state index is 0.0568. The van der Waals surface area contributed by atoms with Crippen LogP contribution >= 0.6 is 34.8 Å².